The number of anilines is 1. The average Bonchev–Trinajstić information content (AvgIpc) is 2.24. The molecule has 1 N–H and O–H groups in total. The first-order chi connectivity index (χ1) is 8.32. The molecule has 0 fully saturated rings. The smallest absolute Gasteiger partial charge is 0.323 e. The van der Waals surface area contributed by atoms with E-state index in [1.807, 2.05) is 0 Å². The summed E-state index contributed by atoms with van der Waals surface area (Å²) in [4.78, 5) is 22.6. The van der Waals surface area contributed by atoms with Crippen molar-refractivity contribution in [3.8, 4) is 0 Å². The summed E-state index contributed by atoms with van der Waals surface area (Å²) in [5.41, 5.74) is 0.0549. The van der Waals surface area contributed by atoms with Crippen molar-refractivity contribution in [1.29, 1.82) is 0 Å². The van der Waals surface area contributed by atoms with Gasteiger partial charge in [0.05, 0.1) is 4.92 Å². The summed E-state index contributed by atoms with van der Waals surface area (Å²) in [6.07, 6.45) is 0. The number of hydrogen-bond donors (Lipinski definition) is 1. The van der Waals surface area contributed by atoms with Gasteiger partial charge in [-0.3, -0.25) is 14.9 Å². The Morgan fingerprint density at radius 3 is 2.61 bits per heavy atom. The van der Waals surface area contributed by atoms with Crippen LogP contribution in [0.2, 0.25) is 5.02 Å². The summed E-state index contributed by atoms with van der Waals surface area (Å²) >= 11 is 5.81. The number of nitro groups is 1. The molecule has 0 aliphatic heterocycles. The van der Waals surface area contributed by atoms with Gasteiger partial charge < -0.3 is 10.0 Å². The van der Waals surface area contributed by atoms with E-state index in [1.165, 1.54) is 23.1 Å². The molecule has 0 amide bonds. The summed E-state index contributed by atoms with van der Waals surface area (Å²) < 4.78 is 0. The molecule has 7 heteroatoms. The zero-order valence-corrected chi connectivity index (χ0v) is 10.7. The van der Waals surface area contributed by atoms with Gasteiger partial charge in [-0.05, 0) is 26.0 Å². The van der Waals surface area contributed by atoms with E-state index in [0.717, 1.165) is 0 Å². The van der Waals surface area contributed by atoms with E-state index in [-0.39, 0.29) is 24.0 Å². The molecule has 0 radical (unpaired) electrons. The highest BCUT2D eigenvalue weighted by atomic mass is 35.5. The first kappa shape index (κ1) is 14.2. The minimum absolute atomic E-state index is 0.158. The summed E-state index contributed by atoms with van der Waals surface area (Å²) in [5, 5.41) is 20.1. The van der Waals surface area contributed by atoms with Crippen molar-refractivity contribution < 1.29 is 14.8 Å². The normalized spacial score (nSPS) is 10.4. The largest absolute Gasteiger partial charge is 0.480 e. The number of rotatable bonds is 5. The van der Waals surface area contributed by atoms with Gasteiger partial charge in [0.2, 0.25) is 0 Å². The van der Waals surface area contributed by atoms with Gasteiger partial charge in [0, 0.05) is 17.1 Å². The predicted octanol–water partition coefficient (Wildman–Crippen LogP) is 2.55. The standard InChI is InChI=1S/C11H13ClN2O4/c1-7(2)13(6-11(15)16)10-5-8(12)3-4-9(10)14(17)18/h3-5,7H,6H2,1-2H3,(H,15,16). The quantitative estimate of drug-likeness (QED) is 0.658. The first-order valence-electron chi connectivity index (χ1n) is 5.25. The van der Waals surface area contributed by atoms with Crippen molar-refractivity contribution in [2.24, 2.45) is 0 Å². The van der Waals surface area contributed by atoms with Gasteiger partial charge >= 0.3 is 5.97 Å². The number of nitro benzene ring substituents is 1. The maximum atomic E-state index is 10.9. The molecule has 98 valence electrons. The van der Waals surface area contributed by atoms with Crippen molar-refractivity contribution in [2.45, 2.75) is 19.9 Å². The Morgan fingerprint density at radius 1 is 1.56 bits per heavy atom. The SMILES string of the molecule is CC(C)N(CC(=O)O)c1cc(Cl)ccc1[N+](=O)[O-]. The van der Waals surface area contributed by atoms with Crippen LogP contribution in [0.5, 0.6) is 0 Å². The van der Waals surface area contributed by atoms with E-state index in [4.69, 9.17) is 16.7 Å². The first-order valence-corrected chi connectivity index (χ1v) is 5.63. The van der Waals surface area contributed by atoms with E-state index in [2.05, 4.69) is 0 Å². The van der Waals surface area contributed by atoms with Gasteiger partial charge in [0.15, 0.2) is 0 Å². The second-order valence-corrected chi connectivity index (χ2v) is 4.44. The molecule has 0 saturated carbocycles. The Morgan fingerprint density at radius 2 is 2.17 bits per heavy atom. The van der Waals surface area contributed by atoms with Crippen LogP contribution >= 0.6 is 11.6 Å². The highest BCUT2D eigenvalue weighted by molar-refractivity contribution is 6.31. The molecular formula is C11H13ClN2O4. The molecule has 0 aliphatic carbocycles. The molecule has 0 heterocycles. The van der Waals surface area contributed by atoms with Crippen LogP contribution in [0.4, 0.5) is 11.4 Å². The lowest BCUT2D eigenvalue weighted by molar-refractivity contribution is -0.384. The number of carboxylic acid groups (broad SMARTS) is 1. The third-order valence-corrected chi connectivity index (χ3v) is 2.61. The fourth-order valence-corrected chi connectivity index (χ4v) is 1.74. The molecule has 1 aromatic rings. The fraction of sp³-hybridized carbons (Fsp3) is 0.364. The second-order valence-electron chi connectivity index (χ2n) is 4.01. The molecule has 0 aliphatic rings. The third kappa shape index (κ3) is 3.33. The summed E-state index contributed by atoms with van der Waals surface area (Å²) in [6.45, 7) is 3.19. The van der Waals surface area contributed by atoms with Crippen LogP contribution in [-0.4, -0.2) is 28.6 Å². The van der Waals surface area contributed by atoms with Gasteiger partial charge in [0.1, 0.15) is 12.2 Å². The van der Waals surface area contributed by atoms with Crippen LogP contribution in [0.25, 0.3) is 0 Å². The fourth-order valence-electron chi connectivity index (χ4n) is 1.57. The van der Waals surface area contributed by atoms with Crippen molar-refractivity contribution in [3.05, 3.63) is 33.3 Å². The lowest BCUT2D eigenvalue weighted by Crippen LogP contribution is -2.36. The topological polar surface area (TPSA) is 83.7 Å². The second kappa shape index (κ2) is 5.68. The number of aliphatic carboxylic acids is 1. The van der Waals surface area contributed by atoms with Crippen LogP contribution < -0.4 is 4.90 Å². The van der Waals surface area contributed by atoms with Crippen molar-refractivity contribution in [3.63, 3.8) is 0 Å². The molecule has 0 aromatic heterocycles. The van der Waals surface area contributed by atoms with E-state index >= 15 is 0 Å². The Kier molecular flexibility index (Phi) is 4.49. The molecule has 0 bridgehead atoms. The molecule has 6 nitrogen and oxygen atoms in total. The maximum Gasteiger partial charge on any atom is 0.323 e. The molecule has 0 atom stereocenters. The Balaban J connectivity index is 3.29. The van der Waals surface area contributed by atoms with E-state index < -0.39 is 10.9 Å². The zero-order valence-electron chi connectivity index (χ0n) is 9.96. The van der Waals surface area contributed by atoms with Gasteiger partial charge in [-0.25, -0.2) is 0 Å². The number of halogens is 1. The minimum Gasteiger partial charge on any atom is -0.480 e. The molecule has 1 aromatic carbocycles. The Labute approximate surface area is 109 Å². The van der Waals surface area contributed by atoms with Gasteiger partial charge in [0.25, 0.3) is 5.69 Å². The van der Waals surface area contributed by atoms with Crippen LogP contribution in [-0.2, 0) is 4.79 Å². The van der Waals surface area contributed by atoms with Crippen LogP contribution in [0.1, 0.15) is 13.8 Å². The molecule has 0 spiro atoms. The Bertz CT molecular complexity index is 476. The third-order valence-electron chi connectivity index (χ3n) is 2.37. The molecule has 18 heavy (non-hydrogen) atoms. The highest BCUT2D eigenvalue weighted by Crippen LogP contribution is 2.32. The van der Waals surface area contributed by atoms with Crippen LogP contribution in [0.15, 0.2) is 18.2 Å². The van der Waals surface area contributed by atoms with Gasteiger partial charge in [-0.1, -0.05) is 11.6 Å². The monoisotopic (exact) mass is 272 g/mol. The average molecular weight is 273 g/mol. The lowest BCUT2D eigenvalue weighted by Gasteiger charge is -2.26. The number of carbonyl (C=O) groups is 1. The van der Waals surface area contributed by atoms with E-state index in [1.54, 1.807) is 13.8 Å². The zero-order chi connectivity index (χ0) is 13.9. The predicted molar refractivity (Wildman–Crippen MR) is 68.2 cm³/mol. The number of hydrogen-bond acceptors (Lipinski definition) is 4. The van der Waals surface area contributed by atoms with E-state index in [0.29, 0.717) is 5.02 Å². The van der Waals surface area contributed by atoms with Gasteiger partial charge in [-0.2, -0.15) is 0 Å². The summed E-state index contributed by atoms with van der Waals surface area (Å²) in [7, 11) is 0. The maximum absolute atomic E-state index is 10.9. The molecular weight excluding hydrogens is 260 g/mol. The lowest BCUT2D eigenvalue weighted by atomic mass is 10.2. The molecule has 0 saturated heterocycles. The van der Waals surface area contributed by atoms with Gasteiger partial charge in [-0.15, -0.1) is 0 Å². The highest BCUT2D eigenvalue weighted by Gasteiger charge is 2.23. The van der Waals surface area contributed by atoms with Crippen LogP contribution in [0.3, 0.4) is 0 Å². The van der Waals surface area contributed by atoms with E-state index in [9.17, 15) is 14.9 Å². The summed E-state index contributed by atoms with van der Waals surface area (Å²) in [6, 6.07) is 3.89. The van der Waals surface area contributed by atoms with Crippen molar-refractivity contribution >= 4 is 28.9 Å². The van der Waals surface area contributed by atoms with Crippen molar-refractivity contribution in [2.75, 3.05) is 11.4 Å². The Hall–Kier alpha value is -1.82. The number of benzene rings is 1. The molecule has 0 unspecified atom stereocenters. The van der Waals surface area contributed by atoms with Crippen molar-refractivity contribution in [1.82, 2.24) is 0 Å². The molecule has 1 rings (SSSR count). The number of carboxylic acids is 1. The van der Waals surface area contributed by atoms with Crippen LogP contribution in [0, 0.1) is 10.1 Å². The summed E-state index contributed by atoms with van der Waals surface area (Å²) in [5.74, 6) is -1.06. The number of nitrogens with zero attached hydrogens (tertiary/aromatic N) is 2. The minimum atomic E-state index is -1.06.